The van der Waals surface area contributed by atoms with Crippen molar-refractivity contribution in [1.82, 2.24) is 15.5 Å². The number of likely N-dealkylation sites (N-methyl/N-ethyl adjacent to an activating group) is 1. The van der Waals surface area contributed by atoms with Gasteiger partial charge in [0.15, 0.2) is 0 Å². The van der Waals surface area contributed by atoms with Crippen molar-refractivity contribution in [2.24, 2.45) is 0 Å². The van der Waals surface area contributed by atoms with Crippen LogP contribution in [0.3, 0.4) is 0 Å². The van der Waals surface area contributed by atoms with Gasteiger partial charge in [-0.2, -0.15) is 0 Å². The SMILES string of the molecule is CCN(CC(=O)NC(C)C)C(=O)NC(C)C(=O)O. The van der Waals surface area contributed by atoms with Crippen LogP contribution in [0.1, 0.15) is 27.7 Å². The minimum absolute atomic E-state index is 0.00258. The molecule has 1 atom stereocenters. The number of nitrogens with one attached hydrogen (secondary N) is 2. The first-order valence-electron chi connectivity index (χ1n) is 5.85. The number of carboxylic acid groups (broad SMARTS) is 1. The van der Waals surface area contributed by atoms with Gasteiger partial charge in [-0.05, 0) is 27.7 Å². The number of hydrogen-bond acceptors (Lipinski definition) is 3. The normalized spacial score (nSPS) is 11.8. The Morgan fingerprint density at radius 1 is 1.17 bits per heavy atom. The van der Waals surface area contributed by atoms with E-state index in [9.17, 15) is 14.4 Å². The third kappa shape index (κ3) is 6.07. The predicted molar refractivity (Wildman–Crippen MR) is 66.2 cm³/mol. The molecule has 0 aromatic rings. The van der Waals surface area contributed by atoms with Crippen molar-refractivity contribution in [1.29, 1.82) is 0 Å². The van der Waals surface area contributed by atoms with Gasteiger partial charge in [-0.1, -0.05) is 0 Å². The molecule has 0 aliphatic heterocycles. The fourth-order valence-corrected chi connectivity index (χ4v) is 1.21. The Balaban J connectivity index is 4.36. The van der Waals surface area contributed by atoms with Gasteiger partial charge in [0, 0.05) is 12.6 Å². The predicted octanol–water partition coefficient (Wildman–Crippen LogP) is 0.0156. The second-order valence-electron chi connectivity index (χ2n) is 4.25. The molecular formula is C11H21N3O4. The minimum atomic E-state index is -1.12. The molecule has 0 saturated carbocycles. The highest BCUT2D eigenvalue weighted by molar-refractivity contribution is 5.86. The van der Waals surface area contributed by atoms with Gasteiger partial charge in [0.05, 0.1) is 0 Å². The van der Waals surface area contributed by atoms with E-state index in [1.54, 1.807) is 6.92 Å². The Morgan fingerprint density at radius 3 is 2.11 bits per heavy atom. The summed E-state index contributed by atoms with van der Waals surface area (Å²) < 4.78 is 0. The van der Waals surface area contributed by atoms with E-state index < -0.39 is 18.0 Å². The highest BCUT2D eigenvalue weighted by atomic mass is 16.4. The molecule has 0 aromatic heterocycles. The number of carboxylic acids is 1. The summed E-state index contributed by atoms with van der Waals surface area (Å²) in [7, 11) is 0. The summed E-state index contributed by atoms with van der Waals surface area (Å²) in [4.78, 5) is 35.0. The zero-order chi connectivity index (χ0) is 14.3. The lowest BCUT2D eigenvalue weighted by Gasteiger charge is -2.22. The van der Waals surface area contributed by atoms with Crippen LogP contribution in [0.2, 0.25) is 0 Å². The van der Waals surface area contributed by atoms with Crippen LogP contribution in [0.4, 0.5) is 4.79 Å². The molecule has 0 aliphatic rings. The van der Waals surface area contributed by atoms with Crippen molar-refractivity contribution < 1.29 is 19.5 Å². The monoisotopic (exact) mass is 259 g/mol. The lowest BCUT2D eigenvalue weighted by atomic mass is 10.3. The Bertz CT molecular complexity index is 317. The van der Waals surface area contributed by atoms with Crippen LogP contribution in [-0.4, -0.2) is 53.1 Å². The third-order valence-corrected chi connectivity index (χ3v) is 2.16. The van der Waals surface area contributed by atoms with E-state index in [1.165, 1.54) is 11.8 Å². The average Bonchev–Trinajstić information content (AvgIpc) is 2.24. The van der Waals surface area contributed by atoms with E-state index in [0.29, 0.717) is 6.54 Å². The van der Waals surface area contributed by atoms with Crippen molar-refractivity contribution in [3.63, 3.8) is 0 Å². The molecule has 0 spiro atoms. The molecular weight excluding hydrogens is 238 g/mol. The van der Waals surface area contributed by atoms with Crippen molar-refractivity contribution in [3.05, 3.63) is 0 Å². The summed E-state index contributed by atoms with van der Waals surface area (Å²) in [6, 6.07) is -1.55. The average molecular weight is 259 g/mol. The van der Waals surface area contributed by atoms with Crippen LogP contribution in [0.15, 0.2) is 0 Å². The van der Waals surface area contributed by atoms with Crippen LogP contribution in [0, 0.1) is 0 Å². The smallest absolute Gasteiger partial charge is 0.325 e. The molecule has 104 valence electrons. The maximum Gasteiger partial charge on any atom is 0.325 e. The molecule has 0 fully saturated rings. The standard InChI is InChI=1S/C11H21N3O4/c1-5-14(6-9(15)12-7(2)3)11(18)13-8(4)10(16)17/h7-8H,5-6H2,1-4H3,(H,12,15)(H,13,18)(H,16,17). The Kier molecular flexibility index (Phi) is 6.77. The van der Waals surface area contributed by atoms with Gasteiger partial charge >= 0.3 is 12.0 Å². The van der Waals surface area contributed by atoms with Crippen LogP contribution in [0.25, 0.3) is 0 Å². The summed E-state index contributed by atoms with van der Waals surface area (Å²) in [5.74, 6) is -1.39. The van der Waals surface area contributed by atoms with Gasteiger partial charge in [-0.25, -0.2) is 4.79 Å². The molecule has 7 nitrogen and oxygen atoms in total. The summed E-state index contributed by atoms with van der Waals surface area (Å²) in [5.41, 5.74) is 0. The molecule has 1 unspecified atom stereocenters. The topological polar surface area (TPSA) is 98.7 Å². The number of nitrogens with zero attached hydrogens (tertiary/aromatic N) is 1. The molecule has 0 radical (unpaired) electrons. The molecule has 7 heteroatoms. The number of hydrogen-bond donors (Lipinski definition) is 3. The summed E-state index contributed by atoms with van der Waals surface area (Å²) in [6.45, 7) is 6.95. The van der Waals surface area contributed by atoms with Gasteiger partial charge < -0.3 is 20.6 Å². The first-order valence-corrected chi connectivity index (χ1v) is 5.85. The number of amides is 3. The van der Waals surface area contributed by atoms with Gasteiger partial charge in [0.25, 0.3) is 0 Å². The van der Waals surface area contributed by atoms with Crippen LogP contribution in [0.5, 0.6) is 0 Å². The molecule has 0 bridgehead atoms. The molecule has 3 amide bonds. The van der Waals surface area contributed by atoms with E-state index in [-0.39, 0.29) is 18.5 Å². The third-order valence-electron chi connectivity index (χ3n) is 2.16. The van der Waals surface area contributed by atoms with E-state index >= 15 is 0 Å². The molecule has 3 N–H and O–H groups in total. The second-order valence-corrected chi connectivity index (χ2v) is 4.25. The van der Waals surface area contributed by atoms with Crippen molar-refractivity contribution in [2.75, 3.05) is 13.1 Å². The number of urea groups is 1. The number of rotatable bonds is 6. The highest BCUT2D eigenvalue weighted by Crippen LogP contribution is 1.92. The Morgan fingerprint density at radius 2 is 1.72 bits per heavy atom. The van der Waals surface area contributed by atoms with Gasteiger partial charge in [-0.15, -0.1) is 0 Å². The largest absolute Gasteiger partial charge is 0.480 e. The first kappa shape index (κ1) is 16.2. The van der Waals surface area contributed by atoms with E-state index in [2.05, 4.69) is 10.6 Å². The van der Waals surface area contributed by atoms with Gasteiger partial charge in [-0.3, -0.25) is 9.59 Å². The number of aliphatic carboxylic acids is 1. The highest BCUT2D eigenvalue weighted by Gasteiger charge is 2.20. The van der Waals surface area contributed by atoms with Crippen molar-refractivity contribution in [3.8, 4) is 0 Å². The molecule has 0 aliphatic carbocycles. The number of carbonyl (C=O) groups excluding carboxylic acids is 2. The second kappa shape index (κ2) is 7.52. The fourth-order valence-electron chi connectivity index (χ4n) is 1.21. The fraction of sp³-hybridized carbons (Fsp3) is 0.727. The summed E-state index contributed by atoms with van der Waals surface area (Å²) in [5, 5.41) is 13.6. The molecule has 0 heterocycles. The molecule has 0 rings (SSSR count). The van der Waals surface area contributed by atoms with E-state index in [4.69, 9.17) is 5.11 Å². The maximum atomic E-state index is 11.7. The summed E-state index contributed by atoms with van der Waals surface area (Å²) in [6.07, 6.45) is 0. The quantitative estimate of drug-likeness (QED) is 0.626. The lowest BCUT2D eigenvalue weighted by Crippen LogP contribution is -2.50. The Hall–Kier alpha value is -1.79. The maximum absolute atomic E-state index is 11.7. The molecule has 0 saturated heterocycles. The van der Waals surface area contributed by atoms with E-state index in [1.807, 2.05) is 13.8 Å². The zero-order valence-corrected chi connectivity index (χ0v) is 11.2. The Labute approximate surface area is 107 Å². The molecule has 0 aromatic carbocycles. The minimum Gasteiger partial charge on any atom is -0.480 e. The first-order chi connectivity index (χ1) is 8.27. The summed E-state index contributed by atoms with van der Waals surface area (Å²) >= 11 is 0. The number of carbonyl (C=O) groups is 3. The zero-order valence-electron chi connectivity index (χ0n) is 11.2. The van der Waals surface area contributed by atoms with Crippen molar-refractivity contribution in [2.45, 2.75) is 39.8 Å². The van der Waals surface area contributed by atoms with Crippen LogP contribution >= 0.6 is 0 Å². The van der Waals surface area contributed by atoms with Crippen LogP contribution in [-0.2, 0) is 9.59 Å². The van der Waals surface area contributed by atoms with Crippen LogP contribution < -0.4 is 10.6 Å². The van der Waals surface area contributed by atoms with Crippen molar-refractivity contribution >= 4 is 17.9 Å². The molecule has 18 heavy (non-hydrogen) atoms. The van der Waals surface area contributed by atoms with E-state index in [0.717, 1.165) is 0 Å². The lowest BCUT2D eigenvalue weighted by molar-refractivity contribution is -0.138. The van der Waals surface area contributed by atoms with Gasteiger partial charge in [0.1, 0.15) is 12.6 Å². The van der Waals surface area contributed by atoms with Gasteiger partial charge in [0.2, 0.25) is 5.91 Å².